The van der Waals surface area contributed by atoms with Gasteiger partial charge in [0, 0.05) is 43.1 Å². The summed E-state index contributed by atoms with van der Waals surface area (Å²) in [6.07, 6.45) is 3.00. The third-order valence-electron chi connectivity index (χ3n) is 4.12. The highest BCUT2D eigenvalue weighted by atomic mass is 35.5. The minimum absolute atomic E-state index is 0.148. The Morgan fingerprint density at radius 1 is 1.45 bits per heavy atom. The number of hydrogen-bond donors (Lipinski definition) is 1. The van der Waals surface area contributed by atoms with E-state index >= 15 is 0 Å². The molecule has 1 N–H and O–H groups in total. The first-order valence-corrected chi connectivity index (χ1v) is 8.06. The highest BCUT2D eigenvalue weighted by Gasteiger charge is 2.22. The van der Waals surface area contributed by atoms with Gasteiger partial charge < -0.3 is 19.7 Å². The number of urea groups is 1. The molecule has 1 saturated heterocycles. The molecule has 0 saturated carbocycles. The molecule has 0 aromatic heterocycles. The molecule has 2 aliphatic heterocycles. The lowest BCUT2D eigenvalue weighted by molar-refractivity contribution is 0.0464. The van der Waals surface area contributed by atoms with E-state index in [4.69, 9.17) is 21.1 Å². The van der Waals surface area contributed by atoms with Gasteiger partial charge in [0.05, 0.1) is 18.9 Å². The number of hydrogen-bond acceptors (Lipinski definition) is 3. The van der Waals surface area contributed by atoms with Gasteiger partial charge in [0.15, 0.2) is 0 Å². The summed E-state index contributed by atoms with van der Waals surface area (Å²) >= 11 is 6.11. The van der Waals surface area contributed by atoms with Crippen LogP contribution in [-0.2, 0) is 11.2 Å². The van der Waals surface area contributed by atoms with Crippen LogP contribution in [0.5, 0.6) is 5.75 Å². The van der Waals surface area contributed by atoms with Gasteiger partial charge >= 0.3 is 6.03 Å². The Labute approximate surface area is 135 Å². The first-order valence-electron chi connectivity index (χ1n) is 7.68. The molecule has 0 unspecified atom stereocenters. The maximum Gasteiger partial charge on any atom is 0.321 e. The molecule has 1 fully saturated rings. The van der Waals surface area contributed by atoms with Crippen molar-refractivity contribution in [3.63, 3.8) is 0 Å². The van der Waals surface area contributed by atoms with Crippen LogP contribution >= 0.6 is 11.6 Å². The Morgan fingerprint density at radius 3 is 3.09 bits per heavy atom. The quantitative estimate of drug-likeness (QED) is 0.929. The van der Waals surface area contributed by atoms with Crippen molar-refractivity contribution >= 4 is 23.3 Å². The summed E-state index contributed by atoms with van der Waals surface area (Å²) in [5.41, 5.74) is 1.70. The summed E-state index contributed by atoms with van der Waals surface area (Å²) in [4.78, 5) is 14.1. The largest absolute Gasteiger partial charge is 0.491 e. The van der Waals surface area contributed by atoms with Crippen LogP contribution < -0.4 is 10.1 Å². The average molecular weight is 325 g/mol. The molecule has 2 heterocycles. The smallest absolute Gasteiger partial charge is 0.321 e. The van der Waals surface area contributed by atoms with Crippen molar-refractivity contribution in [3.05, 3.63) is 22.7 Å². The van der Waals surface area contributed by atoms with E-state index in [0.29, 0.717) is 29.8 Å². The molecule has 1 aromatic carbocycles. The van der Waals surface area contributed by atoms with E-state index in [0.717, 1.165) is 43.8 Å². The number of ether oxygens (including phenoxy) is 2. The zero-order valence-corrected chi connectivity index (χ0v) is 13.5. The van der Waals surface area contributed by atoms with Gasteiger partial charge in [0.1, 0.15) is 5.75 Å². The van der Waals surface area contributed by atoms with Crippen LogP contribution in [0.25, 0.3) is 0 Å². The fraction of sp³-hybridized carbons (Fsp3) is 0.562. The van der Waals surface area contributed by atoms with Crippen molar-refractivity contribution in [2.24, 2.45) is 5.92 Å². The van der Waals surface area contributed by atoms with Crippen LogP contribution in [0.1, 0.15) is 18.4 Å². The molecule has 0 aliphatic carbocycles. The van der Waals surface area contributed by atoms with Crippen LogP contribution in [0, 0.1) is 5.92 Å². The zero-order chi connectivity index (χ0) is 15.5. The monoisotopic (exact) mass is 324 g/mol. The van der Waals surface area contributed by atoms with Gasteiger partial charge in [-0.05, 0) is 25.0 Å². The highest BCUT2D eigenvalue weighted by Crippen LogP contribution is 2.36. The minimum atomic E-state index is -0.148. The lowest BCUT2D eigenvalue weighted by atomic mass is 10.0. The van der Waals surface area contributed by atoms with Crippen molar-refractivity contribution in [1.29, 1.82) is 0 Å². The van der Waals surface area contributed by atoms with Crippen LogP contribution in [0.15, 0.2) is 12.1 Å². The summed E-state index contributed by atoms with van der Waals surface area (Å²) in [6, 6.07) is 3.48. The number of nitrogens with zero attached hydrogens (tertiary/aromatic N) is 1. The number of nitrogens with one attached hydrogen (secondary N) is 1. The van der Waals surface area contributed by atoms with Crippen LogP contribution in [0.4, 0.5) is 10.5 Å². The predicted molar refractivity (Wildman–Crippen MR) is 85.8 cm³/mol. The fourth-order valence-corrected chi connectivity index (χ4v) is 3.24. The third kappa shape index (κ3) is 3.47. The Hall–Kier alpha value is -1.46. The van der Waals surface area contributed by atoms with E-state index in [1.54, 1.807) is 18.0 Å². The first-order chi connectivity index (χ1) is 10.6. The van der Waals surface area contributed by atoms with Crippen LogP contribution in [0.3, 0.4) is 0 Å². The molecule has 0 bridgehead atoms. The third-order valence-corrected chi connectivity index (χ3v) is 4.34. The topological polar surface area (TPSA) is 50.8 Å². The van der Waals surface area contributed by atoms with Crippen molar-refractivity contribution in [2.75, 3.05) is 38.7 Å². The number of benzene rings is 1. The standard InChI is InChI=1S/C16H21ClN2O3/c1-19(9-11-3-2-5-21-10-11)16(20)18-14-8-13(17)7-12-4-6-22-15(12)14/h7-8,11H,2-6,9-10H2,1H3,(H,18,20)/t11-/m0/s1. The number of amides is 2. The molecule has 0 spiro atoms. The van der Waals surface area contributed by atoms with Crippen molar-refractivity contribution in [2.45, 2.75) is 19.3 Å². The van der Waals surface area contributed by atoms with Crippen LogP contribution in [0.2, 0.25) is 5.02 Å². The molecule has 6 heteroatoms. The minimum Gasteiger partial charge on any atom is -0.491 e. The van der Waals surface area contributed by atoms with Gasteiger partial charge in [-0.25, -0.2) is 4.79 Å². The van der Waals surface area contributed by atoms with E-state index < -0.39 is 0 Å². The second-order valence-corrected chi connectivity index (χ2v) is 6.37. The Kier molecular flexibility index (Phi) is 4.74. The summed E-state index contributed by atoms with van der Waals surface area (Å²) in [5, 5.41) is 3.52. The maximum atomic E-state index is 12.4. The molecular formula is C16H21ClN2O3. The van der Waals surface area contributed by atoms with Gasteiger partial charge in [-0.3, -0.25) is 0 Å². The Bertz CT molecular complexity index is 559. The number of anilines is 1. The van der Waals surface area contributed by atoms with Gasteiger partial charge in [-0.2, -0.15) is 0 Å². The first kappa shape index (κ1) is 15.4. The maximum absolute atomic E-state index is 12.4. The van der Waals surface area contributed by atoms with Gasteiger partial charge in [-0.15, -0.1) is 0 Å². The molecule has 2 aliphatic rings. The molecule has 1 aromatic rings. The number of halogens is 1. The van der Waals surface area contributed by atoms with Gasteiger partial charge in [0.25, 0.3) is 0 Å². The van der Waals surface area contributed by atoms with E-state index in [-0.39, 0.29) is 6.03 Å². The van der Waals surface area contributed by atoms with E-state index in [1.807, 2.05) is 6.07 Å². The number of carbonyl (C=O) groups is 1. The Balaban J connectivity index is 1.64. The number of fused-ring (bicyclic) bond motifs is 1. The highest BCUT2D eigenvalue weighted by molar-refractivity contribution is 6.31. The normalized spacial score (nSPS) is 20.2. The molecule has 5 nitrogen and oxygen atoms in total. The van der Waals surface area contributed by atoms with Crippen molar-refractivity contribution in [1.82, 2.24) is 4.90 Å². The van der Waals surface area contributed by atoms with Crippen LogP contribution in [-0.4, -0.2) is 44.3 Å². The molecule has 0 radical (unpaired) electrons. The Morgan fingerprint density at radius 2 is 2.32 bits per heavy atom. The second kappa shape index (κ2) is 6.75. The number of rotatable bonds is 3. The molecule has 3 rings (SSSR count). The number of carbonyl (C=O) groups excluding carboxylic acids is 1. The molecule has 1 atom stereocenters. The van der Waals surface area contributed by atoms with Crippen molar-refractivity contribution in [3.8, 4) is 5.75 Å². The fourth-order valence-electron chi connectivity index (χ4n) is 2.99. The average Bonchev–Trinajstić information content (AvgIpc) is 2.96. The van der Waals surface area contributed by atoms with E-state index in [2.05, 4.69) is 5.32 Å². The lowest BCUT2D eigenvalue weighted by Gasteiger charge is -2.27. The second-order valence-electron chi connectivity index (χ2n) is 5.93. The lowest BCUT2D eigenvalue weighted by Crippen LogP contribution is -2.37. The van der Waals surface area contributed by atoms with Crippen molar-refractivity contribution < 1.29 is 14.3 Å². The zero-order valence-electron chi connectivity index (χ0n) is 12.7. The molecule has 22 heavy (non-hydrogen) atoms. The summed E-state index contributed by atoms with van der Waals surface area (Å²) < 4.78 is 11.1. The van der Waals surface area contributed by atoms with E-state index in [1.165, 1.54) is 0 Å². The SMILES string of the molecule is CN(C[C@@H]1CCCOC1)C(=O)Nc1cc(Cl)cc2c1OCC2. The predicted octanol–water partition coefficient (Wildman–Crippen LogP) is 3.17. The molecule has 120 valence electrons. The van der Waals surface area contributed by atoms with Gasteiger partial charge in [0.2, 0.25) is 0 Å². The van der Waals surface area contributed by atoms with E-state index in [9.17, 15) is 4.79 Å². The molecular weight excluding hydrogens is 304 g/mol. The summed E-state index contributed by atoms with van der Waals surface area (Å²) in [5.74, 6) is 1.15. The molecule has 2 amide bonds. The summed E-state index contributed by atoms with van der Waals surface area (Å²) in [7, 11) is 1.80. The van der Waals surface area contributed by atoms with Gasteiger partial charge in [-0.1, -0.05) is 11.6 Å². The summed E-state index contributed by atoms with van der Waals surface area (Å²) in [6.45, 7) is 2.88.